The number of carbonyl (C=O) groups is 1. The fraction of sp³-hybridized carbons (Fsp3) is 0.158. The fourth-order valence-corrected chi connectivity index (χ4v) is 2.46. The minimum Gasteiger partial charge on any atom is -0.352 e. The van der Waals surface area contributed by atoms with Gasteiger partial charge in [0.25, 0.3) is 0 Å². The highest BCUT2D eigenvalue weighted by molar-refractivity contribution is 5.80. The summed E-state index contributed by atoms with van der Waals surface area (Å²) in [5, 5.41) is 4.05. The van der Waals surface area contributed by atoms with Gasteiger partial charge in [0.15, 0.2) is 0 Å². The number of amides is 1. The Morgan fingerprint density at radius 3 is 2.73 bits per heavy atom. The summed E-state index contributed by atoms with van der Waals surface area (Å²) in [6.45, 7) is 2.53. The lowest BCUT2D eigenvalue weighted by atomic mass is 10.1. The van der Waals surface area contributed by atoms with Crippen LogP contribution in [0.1, 0.15) is 16.7 Å². The van der Waals surface area contributed by atoms with Gasteiger partial charge in [0.1, 0.15) is 0 Å². The average molecular weight is 290 g/mol. The molecule has 0 aliphatic carbocycles. The zero-order valence-corrected chi connectivity index (χ0v) is 12.5. The van der Waals surface area contributed by atoms with Crippen molar-refractivity contribution in [1.29, 1.82) is 0 Å². The number of aryl methyl sites for hydroxylation is 1. The average Bonchev–Trinajstić information content (AvgIpc) is 2.55. The molecule has 0 aliphatic heterocycles. The van der Waals surface area contributed by atoms with Crippen molar-refractivity contribution in [3.8, 4) is 0 Å². The third-order valence-corrected chi connectivity index (χ3v) is 3.75. The lowest BCUT2D eigenvalue weighted by molar-refractivity contribution is -0.120. The van der Waals surface area contributed by atoms with Crippen molar-refractivity contribution in [1.82, 2.24) is 10.3 Å². The molecule has 0 saturated carbocycles. The van der Waals surface area contributed by atoms with E-state index < -0.39 is 0 Å². The molecule has 110 valence electrons. The number of fused-ring (bicyclic) bond motifs is 1. The standard InChI is InChI=1S/C19H18N2O/c1-14-6-2-3-7-16(14)11-19(22)21-13-15-10-17-8-4-5-9-18(17)20-12-15/h2-10,12H,11,13H2,1H3,(H,21,22). The summed E-state index contributed by atoms with van der Waals surface area (Å²) >= 11 is 0. The van der Waals surface area contributed by atoms with Gasteiger partial charge < -0.3 is 5.32 Å². The summed E-state index contributed by atoms with van der Waals surface area (Å²) in [7, 11) is 0. The van der Waals surface area contributed by atoms with Crippen molar-refractivity contribution < 1.29 is 4.79 Å². The summed E-state index contributed by atoms with van der Waals surface area (Å²) in [6, 6.07) is 18.0. The molecule has 0 fully saturated rings. The van der Waals surface area contributed by atoms with E-state index in [1.807, 2.05) is 61.7 Å². The summed E-state index contributed by atoms with van der Waals surface area (Å²) in [4.78, 5) is 16.5. The molecule has 3 nitrogen and oxygen atoms in total. The molecular weight excluding hydrogens is 272 g/mol. The molecule has 0 unspecified atom stereocenters. The van der Waals surface area contributed by atoms with Crippen LogP contribution in [0.25, 0.3) is 10.9 Å². The molecule has 0 saturated heterocycles. The Hall–Kier alpha value is -2.68. The molecule has 0 aliphatic rings. The van der Waals surface area contributed by atoms with Gasteiger partial charge in [0.2, 0.25) is 5.91 Å². The fourth-order valence-electron chi connectivity index (χ4n) is 2.46. The summed E-state index contributed by atoms with van der Waals surface area (Å²) in [5.74, 6) is 0.0301. The minimum atomic E-state index is 0.0301. The van der Waals surface area contributed by atoms with Crippen molar-refractivity contribution in [2.24, 2.45) is 0 Å². The molecule has 3 heteroatoms. The molecular formula is C19H18N2O. The largest absolute Gasteiger partial charge is 0.352 e. The molecule has 2 aromatic carbocycles. The number of nitrogens with zero attached hydrogens (tertiary/aromatic N) is 1. The van der Waals surface area contributed by atoms with E-state index in [-0.39, 0.29) is 5.91 Å². The number of rotatable bonds is 4. The number of nitrogens with one attached hydrogen (secondary N) is 1. The van der Waals surface area contributed by atoms with Crippen molar-refractivity contribution in [2.45, 2.75) is 19.9 Å². The molecule has 3 aromatic rings. The van der Waals surface area contributed by atoms with E-state index >= 15 is 0 Å². The number of benzene rings is 2. The lowest BCUT2D eigenvalue weighted by Gasteiger charge is -2.08. The quantitative estimate of drug-likeness (QED) is 0.800. The number of hydrogen-bond donors (Lipinski definition) is 1. The molecule has 0 bridgehead atoms. The van der Waals surface area contributed by atoms with E-state index in [2.05, 4.69) is 16.4 Å². The number of aromatic nitrogens is 1. The maximum Gasteiger partial charge on any atom is 0.224 e. The highest BCUT2D eigenvalue weighted by Crippen LogP contribution is 2.12. The van der Waals surface area contributed by atoms with E-state index in [1.54, 1.807) is 0 Å². The Morgan fingerprint density at radius 2 is 1.86 bits per heavy atom. The van der Waals surface area contributed by atoms with Gasteiger partial charge in [-0.05, 0) is 35.7 Å². The minimum absolute atomic E-state index is 0.0301. The molecule has 1 heterocycles. The van der Waals surface area contributed by atoms with E-state index in [9.17, 15) is 4.79 Å². The van der Waals surface area contributed by atoms with Gasteiger partial charge in [-0.3, -0.25) is 9.78 Å². The molecule has 0 spiro atoms. The topological polar surface area (TPSA) is 42.0 Å². The van der Waals surface area contributed by atoms with Crippen molar-refractivity contribution in [3.63, 3.8) is 0 Å². The first-order chi connectivity index (χ1) is 10.7. The van der Waals surface area contributed by atoms with Crippen LogP contribution in [0.2, 0.25) is 0 Å². The Morgan fingerprint density at radius 1 is 1.09 bits per heavy atom. The van der Waals surface area contributed by atoms with Gasteiger partial charge in [-0.15, -0.1) is 0 Å². The van der Waals surface area contributed by atoms with Gasteiger partial charge >= 0.3 is 0 Å². The highest BCUT2D eigenvalue weighted by atomic mass is 16.1. The van der Waals surface area contributed by atoms with Crippen LogP contribution in [0.5, 0.6) is 0 Å². The smallest absolute Gasteiger partial charge is 0.224 e. The second-order valence-electron chi connectivity index (χ2n) is 5.42. The van der Waals surface area contributed by atoms with Gasteiger partial charge in [-0.25, -0.2) is 0 Å². The van der Waals surface area contributed by atoms with Crippen LogP contribution in [0.15, 0.2) is 60.8 Å². The maximum atomic E-state index is 12.1. The van der Waals surface area contributed by atoms with Crippen LogP contribution in [0.4, 0.5) is 0 Å². The van der Waals surface area contributed by atoms with Gasteiger partial charge in [-0.1, -0.05) is 42.5 Å². The molecule has 1 aromatic heterocycles. The summed E-state index contributed by atoms with van der Waals surface area (Å²) in [6.07, 6.45) is 2.23. The summed E-state index contributed by atoms with van der Waals surface area (Å²) in [5.41, 5.74) is 4.19. The molecule has 3 rings (SSSR count). The zero-order chi connectivity index (χ0) is 15.4. The number of carbonyl (C=O) groups excluding carboxylic acids is 1. The van der Waals surface area contributed by atoms with E-state index in [0.717, 1.165) is 27.6 Å². The maximum absolute atomic E-state index is 12.1. The van der Waals surface area contributed by atoms with E-state index in [0.29, 0.717) is 13.0 Å². The predicted molar refractivity (Wildman–Crippen MR) is 88.5 cm³/mol. The Bertz CT molecular complexity index is 811. The van der Waals surface area contributed by atoms with Crippen molar-refractivity contribution in [3.05, 3.63) is 77.5 Å². The van der Waals surface area contributed by atoms with Crippen LogP contribution in [-0.2, 0) is 17.8 Å². The van der Waals surface area contributed by atoms with Crippen molar-refractivity contribution >= 4 is 16.8 Å². The highest BCUT2D eigenvalue weighted by Gasteiger charge is 2.06. The zero-order valence-electron chi connectivity index (χ0n) is 12.5. The van der Waals surface area contributed by atoms with Crippen LogP contribution < -0.4 is 5.32 Å². The van der Waals surface area contributed by atoms with Crippen LogP contribution >= 0.6 is 0 Å². The normalized spacial score (nSPS) is 10.6. The molecule has 0 atom stereocenters. The number of pyridine rings is 1. The Balaban J connectivity index is 1.63. The van der Waals surface area contributed by atoms with Crippen LogP contribution in [0.3, 0.4) is 0 Å². The lowest BCUT2D eigenvalue weighted by Crippen LogP contribution is -2.24. The van der Waals surface area contributed by atoms with Gasteiger partial charge in [0, 0.05) is 18.1 Å². The van der Waals surface area contributed by atoms with Gasteiger partial charge in [-0.2, -0.15) is 0 Å². The third kappa shape index (κ3) is 3.31. The molecule has 1 N–H and O–H groups in total. The molecule has 22 heavy (non-hydrogen) atoms. The predicted octanol–water partition coefficient (Wildman–Crippen LogP) is 3.40. The second-order valence-corrected chi connectivity index (χ2v) is 5.42. The van der Waals surface area contributed by atoms with E-state index in [1.165, 1.54) is 0 Å². The van der Waals surface area contributed by atoms with Crippen LogP contribution in [0, 0.1) is 6.92 Å². The Kier molecular flexibility index (Phi) is 4.15. The number of para-hydroxylation sites is 1. The molecule has 0 radical (unpaired) electrons. The van der Waals surface area contributed by atoms with Crippen LogP contribution in [-0.4, -0.2) is 10.9 Å². The van der Waals surface area contributed by atoms with E-state index in [4.69, 9.17) is 0 Å². The molecule has 1 amide bonds. The Labute approximate surface area is 130 Å². The summed E-state index contributed by atoms with van der Waals surface area (Å²) < 4.78 is 0. The van der Waals surface area contributed by atoms with Crippen molar-refractivity contribution in [2.75, 3.05) is 0 Å². The first-order valence-electron chi connectivity index (χ1n) is 7.37. The second kappa shape index (κ2) is 6.39. The van der Waals surface area contributed by atoms with Gasteiger partial charge in [0.05, 0.1) is 11.9 Å². The monoisotopic (exact) mass is 290 g/mol. The SMILES string of the molecule is Cc1ccccc1CC(=O)NCc1cnc2ccccc2c1. The number of hydrogen-bond acceptors (Lipinski definition) is 2. The first-order valence-corrected chi connectivity index (χ1v) is 7.37. The third-order valence-electron chi connectivity index (χ3n) is 3.75. The first kappa shape index (κ1) is 14.3.